The molecular weight excluding hydrogens is 535 g/mol. The number of halogens is 4. The molecule has 3 heterocycles. The first-order valence-electron chi connectivity index (χ1n) is 11.7. The second kappa shape index (κ2) is 10.1. The Morgan fingerprint density at radius 2 is 1.79 bits per heavy atom. The summed E-state index contributed by atoms with van der Waals surface area (Å²) in [5.41, 5.74) is 3.03. The molecule has 5 rings (SSSR count). The van der Waals surface area contributed by atoms with Crippen LogP contribution in [0.3, 0.4) is 0 Å². The van der Waals surface area contributed by atoms with Gasteiger partial charge in [-0.2, -0.15) is 23.4 Å². The van der Waals surface area contributed by atoms with Gasteiger partial charge in [0.05, 0.1) is 39.6 Å². The van der Waals surface area contributed by atoms with Crippen molar-refractivity contribution >= 4 is 29.2 Å². The Hall–Kier alpha value is -4.36. The van der Waals surface area contributed by atoms with E-state index in [1.807, 2.05) is 30.3 Å². The highest BCUT2D eigenvalue weighted by molar-refractivity contribution is 6.34. The standard InChI is InChI=1S/C25H23ClF3N9O/c1-35-10-9-21(32-35)17-13-18(20(26)14-19(17)25(27,28)29)24(39)30-23-12-15(11-22-33-36(2)37(3)34-22)31-38(23)16-7-5-4-6-8-16/h4-10,12-14H,11H2,1-3H3,(H,30,39)(H,33,34). The van der Waals surface area contributed by atoms with Crippen molar-refractivity contribution in [3.05, 3.63) is 82.6 Å². The maximum Gasteiger partial charge on any atom is 0.417 e. The van der Waals surface area contributed by atoms with Crippen LogP contribution in [0, 0.1) is 0 Å². The van der Waals surface area contributed by atoms with Gasteiger partial charge in [0.25, 0.3) is 5.91 Å². The summed E-state index contributed by atoms with van der Waals surface area (Å²) < 4.78 is 44.4. The largest absolute Gasteiger partial charge is 0.417 e. The molecule has 0 saturated heterocycles. The van der Waals surface area contributed by atoms with Crippen LogP contribution in [0.4, 0.5) is 19.0 Å². The number of anilines is 1. The third-order valence-electron chi connectivity index (χ3n) is 5.99. The molecule has 1 aliphatic heterocycles. The fourth-order valence-corrected chi connectivity index (χ4v) is 4.33. The molecule has 4 aromatic rings. The number of hydrazine groups is 2. The first-order valence-corrected chi connectivity index (χ1v) is 12.1. The third kappa shape index (κ3) is 5.45. The number of hydrogen-bond acceptors (Lipinski definition) is 7. The van der Waals surface area contributed by atoms with E-state index in [4.69, 9.17) is 11.6 Å². The number of aryl methyl sites for hydroxylation is 1. The van der Waals surface area contributed by atoms with Crippen molar-refractivity contribution < 1.29 is 18.0 Å². The number of benzene rings is 2. The van der Waals surface area contributed by atoms with E-state index < -0.39 is 17.6 Å². The maximum atomic E-state index is 13.8. The van der Waals surface area contributed by atoms with Crippen LogP contribution in [0.5, 0.6) is 0 Å². The van der Waals surface area contributed by atoms with Gasteiger partial charge in [-0.1, -0.05) is 29.8 Å². The van der Waals surface area contributed by atoms with Gasteiger partial charge < -0.3 is 5.32 Å². The minimum Gasteiger partial charge on any atom is -0.306 e. The fourth-order valence-electron chi connectivity index (χ4n) is 4.08. The molecule has 0 saturated carbocycles. The van der Waals surface area contributed by atoms with Gasteiger partial charge in [-0.05, 0) is 30.3 Å². The van der Waals surface area contributed by atoms with Gasteiger partial charge in [-0.25, -0.2) is 9.80 Å². The number of amides is 1. The summed E-state index contributed by atoms with van der Waals surface area (Å²) >= 11 is 6.22. The first kappa shape index (κ1) is 26.3. The number of amidine groups is 1. The SMILES string of the molecule is CN1N=C(Cc2cc(NC(=O)c3cc(-c4ccn(C)n4)c(C(F)(F)F)cc3Cl)n(-c3ccccc3)n2)NN1C. The Balaban J connectivity index is 1.51. The number of alkyl halides is 3. The second-order valence-corrected chi connectivity index (χ2v) is 9.23. The molecule has 0 bridgehead atoms. The van der Waals surface area contributed by atoms with Crippen LogP contribution in [0.15, 0.2) is 65.9 Å². The summed E-state index contributed by atoms with van der Waals surface area (Å²) in [5, 5.41) is 18.8. The van der Waals surface area contributed by atoms with Crippen molar-refractivity contribution in [3.8, 4) is 16.9 Å². The topological polar surface area (TPSA) is 95.6 Å². The highest BCUT2D eigenvalue weighted by atomic mass is 35.5. The zero-order valence-electron chi connectivity index (χ0n) is 21.0. The minimum atomic E-state index is -4.70. The second-order valence-electron chi connectivity index (χ2n) is 8.82. The minimum absolute atomic E-state index is 0.0620. The Bertz CT molecular complexity index is 1560. The number of nitrogens with one attached hydrogen (secondary N) is 2. The number of hydrazone groups is 1. The Kier molecular flexibility index (Phi) is 6.78. The lowest BCUT2D eigenvalue weighted by Gasteiger charge is -2.16. The van der Waals surface area contributed by atoms with Crippen molar-refractivity contribution in [1.29, 1.82) is 0 Å². The van der Waals surface area contributed by atoms with E-state index in [2.05, 4.69) is 26.0 Å². The molecule has 2 aromatic carbocycles. The molecule has 1 aliphatic rings. The Morgan fingerprint density at radius 3 is 2.41 bits per heavy atom. The lowest BCUT2D eigenvalue weighted by molar-refractivity contribution is -0.137. The van der Waals surface area contributed by atoms with Crippen molar-refractivity contribution in [2.24, 2.45) is 12.1 Å². The van der Waals surface area contributed by atoms with E-state index >= 15 is 0 Å². The average molecular weight is 558 g/mol. The molecule has 0 unspecified atom stereocenters. The molecule has 0 aliphatic carbocycles. The molecule has 14 heteroatoms. The van der Waals surface area contributed by atoms with Crippen molar-refractivity contribution in [1.82, 2.24) is 35.2 Å². The molecule has 202 valence electrons. The Labute approximate surface area is 226 Å². The maximum absolute atomic E-state index is 13.8. The third-order valence-corrected chi connectivity index (χ3v) is 6.30. The van der Waals surface area contributed by atoms with Gasteiger partial charge in [0.2, 0.25) is 0 Å². The van der Waals surface area contributed by atoms with Crippen LogP contribution < -0.4 is 10.7 Å². The number of para-hydroxylation sites is 1. The van der Waals surface area contributed by atoms with Crippen LogP contribution in [0.25, 0.3) is 16.9 Å². The highest BCUT2D eigenvalue weighted by Gasteiger charge is 2.36. The zero-order valence-corrected chi connectivity index (χ0v) is 21.8. The smallest absolute Gasteiger partial charge is 0.306 e. The molecule has 10 nitrogen and oxygen atoms in total. The summed E-state index contributed by atoms with van der Waals surface area (Å²) in [7, 11) is 5.17. The van der Waals surface area contributed by atoms with Crippen LogP contribution >= 0.6 is 11.6 Å². The van der Waals surface area contributed by atoms with E-state index in [1.165, 1.54) is 21.6 Å². The summed E-state index contributed by atoms with van der Waals surface area (Å²) in [4.78, 5) is 13.4. The van der Waals surface area contributed by atoms with E-state index in [-0.39, 0.29) is 21.8 Å². The van der Waals surface area contributed by atoms with E-state index in [0.717, 1.165) is 12.1 Å². The summed E-state index contributed by atoms with van der Waals surface area (Å²) in [6, 6.07) is 14.1. The first-order chi connectivity index (χ1) is 18.5. The van der Waals surface area contributed by atoms with Crippen molar-refractivity contribution in [2.75, 3.05) is 19.4 Å². The monoisotopic (exact) mass is 557 g/mol. The summed E-state index contributed by atoms with van der Waals surface area (Å²) in [5.74, 6) is 0.239. The normalized spacial score (nSPS) is 13.9. The predicted octanol–water partition coefficient (Wildman–Crippen LogP) is 4.35. The quantitative estimate of drug-likeness (QED) is 0.366. The van der Waals surface area contributed by atoms with Crippen LogP contribution in [0.2, 0.25) is 5.02 Å². The molecule has 2 N–H and O–H groups in total. The van der Waals surface area contributed by atoms with E-state index in [9.17, 15) is 18.0 Å². The fraction of sp³-hybridized carbons (Fsp3) is 0.200. The number of rotatable bonds is 6. The van der Waals surface area contributed by atoms with Crippen LogP contribution in [-0.2, 0) is 19.6 Å². The lowest BCUT2D eigenvalue weighted by Crippen LogP contribution is -2.39. The average Bonchev–Trinajstić information content (AvgIpc) is 3.57. The van der Waals surface area contributed by atoms with Gasteiger partial charge >= 0.3 is 6.18 Å². The van der Waals surface area contributed by atoms with Gasteiger partial charge in [0.1, 0.15) is 11.7 Å². The molecule has 0 fully saturated rings. The summed E-state index contributed by atoms with van der Waals surface area (Å²) in [6.45, 7) is 0. The summed E-state index contributed by atoms with van der Waals surface area (Å²) in [6.07, 6.45) is -2.85. The zero-order chi connectivity index (χ0) is 27.9. The van der Waals surface area contributed by atoms with Crippen molar-refractivity contribution in [2.45, 2.75) is 12.6 Å². The molecule has 0 spiro atoms. The number of aromatic nitrogens is 4. The highest BCUT2D eigenvalue weighted by Crippen LogP contribution is 2.39. The van der Waals surface area contributed by atoms with E-state index in [1.54, 1.807) is 37.4 Å². The van der Waals surface area contributed by atoms with Crippen LogP contribution in [0.1, 0.15) is 21.6 Å². The number of hydrogen-bond donors (Lipinski definition) is 2. The van der Waals surface area contributed by atoms with Crippen LogP contribution in [-0.4, -0.2) is 55.6 Å². The lowest BCUT2D eigenvalue weighted by atomic mass is 10.00. The van der Waals surface area contributed by atoms with Crippen molar-refractivity contribution in [3.63, 3.8) is 0 Å². The predicted molar refractivity (Wildman–Crippen MR) is 140 cm³/mol. The van der Waals surface area contributed by atoms with Gasteiger partial charge in [0.15, 0.2) is 0 Å². The van der Waals surface area contributed by atoms with Gasteiger partial charge in [-0.3, -0.25) is 14.9 Å². The molecule has 0 radical (unpaired) electrons. The Morgan fingerprint density at radius 1 is 1.05 bits per heavy atom. The molecule has 1 amide bonds. The van der Waals surface area contributed by atoms with Gasteiger partial charge in [-0.15, -0.1) is 10.2 Å². The molecule has 0 atom stereocenters. The molecule has 2 aromatic heterocycles. The molecular formula is C25H23ClF3N9O. The van der Waals surface area contributed by atoms with Gasteiger partial charge in [0, 0.05) is 39.0 Å². The number of carbonyl (C=O) groups is 1. The number of nitrogens with zero attached hydrogens (tertiary/aromatic N) is 7. The number of carbonyl (C=O) groups excluding carboxylic acids is 1. The molecule has 39 heavy (non-hydrogen) atoms. The van der Waals surface area contributed by atoms with E-state index in [0.29, 0.717) is 29.5 Å².